The van der Waals surface area contributed by atoms with Gasteiger partial charge in [-0.25, -0.2) is 0 Å². The summed E-state index contributed by atoms with van der Waals surface area (Å²) in [5.41, 5.74) is 2.52. The first-order chi connectivity index (χ1) is 11.5. The smallest absolute Gasteiger partial charge is 0.217 e. The first kappa shape index (κ1) is 14.6. The number of phenolic OH excluding ortho intramolecular Hbond substituents is 1. The van der Waals surface area contributed by atoms with E-state index in [2.05, 4.69) is 23.3 Å². The van der Waals surface area contributed by atoms with Crippen LogP contribution in [0.4, 0.5) is 0 Å². The summed E-state index contributed by atoms with van der Waals surface area (Å²) in [7, 11) is 2.23. The van der Waals surface area contributed by atoms with E-state index in [1.165, 1.54) is 11.1 Å². The molecule has 5 rings (SSSR count). The van der Waals surface area contributed by atoms with Crippen molar-refractivity contribution in [1.82, 2.24) is 10.2 Å². The Bertz CT molecular complexity index is 734. The molecule has 24 heavy (non-hydrogen) atoms. The highest BCUT2D eigenvalue weighted by molar-refractivity contribution is 5.73. The number of hydrogen-bond donors (Lipinski definition) is 2. The molecule has 128 valence electrons. The van der Waals surface area contributed by atoms with E-state index < -0.39 is 0 Å². The summed E-state index contributed by atoms with van der Waals surface area (Å²) in [6.07, 6.45) is 4.07. The maximum atomic E-state index is 11.7. The molecular weight excluding hydrogens is 304 g/mol. The predicted molar refractivity (Wildman–Crippen MR) is 89.3 cm³/mol. The fourth-order valence-electron chi connectivity index (χ4n) is 6.15. The van der Waals surface area contributed by atoms with Crippen LogP contribution in [-0.4, -0.2) is 47.7 Å². The molecule has 2 aliphatic heterocycles. The second-order valence-electron chi connectivity index (χ2n) is 8.02. The third-order valence-corrected chi connectivity index (χ3v) is 6.98. The van der Waals surface area contributed by atoms with Crippen LogP contribution in [0.1, 0.15) is 37.3 Å². The molecule has 2 bridgehead atoms. The van der Waals surface area contributed by atoms with Gasteiger partial charge in [0.05, 0.1) is 6.04 Å². The van der Waals surface area contributed by atoms with Crippen LogP contribution in [0, 0.1) is 5.92 Å². The number of likely N-dealkylation sites (N-methyl/N-ethyl adjacent to an activating group) is 1. The lowest BCUT2D eigenvalue weighted by atomic mass is 9.51. The summed E-state index contributed by atoms with van der Waals surface area (Å²) in [5.74, 6) is 1.47. The monoisotopic (exact) mass is 328 g/mol. The van der Waals surface area contributed by atoms with Gasteiger partial charge in [-0.1, -0.05) is 6.07 Å². The molecule has 2 aliphatic carbocycles. The van der Waals surface area contributed by atoms with Crippen LogP contribution in [0.2, 0.25) is 0 Å². The van der Waals surface area contributed by atoms with Crippen LogP contribution in [-0.2, 0) is 16.6 Å². The van der Waals surface area contributed by atoms with E-state index in [1.54, 1.807) is 13.0 Å². The lowest BCUT2D eigenvalue weighted by Gasteiger charge is -2.59. The SMILES string of the molecule is CC(=O)N[C@H]1CCC2[C@H]3Cc4ccc(O)c5c4[C@@]2(CCN3C)[C@H]1O5. The molecule has 0 aromatic heterocycles. The van der Waals surface area contributed by atoms with Gasteiger partial charge >= 0.3 is 0 Å². The fourth-order valence-corrected chi connectivity index (χ4v) is 6.15. The predicted octanol–water partition coefficient (Wildman–Crippen LogP) is 1.57. The van der Waals surface area contributed by atoms with Gasteiger partial charge in [-0.05, 0) is 56.8 Å². The number of rotatable bonds is 1. The van der Waals surface area contributed by atoms with E-state index in [0.717, 1.165) is 32.2 Å². The van der Waals surface area contributed by atoms with Gasteiger partial charge in [-0.2, -0.15) is 0 Å². The third-order valence-electron chi connectivity index (χ3n) is 6.98. The van der Waals surface area contributed by atoms with E-state index >= 15 is 0 Å². The lowest BCUT2D eigenvalue weighted by Crippen LogP contribution is -2.68. The molecule has 1 aromatic rings. The molecule has 2 N–H and O–H groups in total. The highest BCUT2D eigenvalue weighted by Crippen LogP contribution is 2.63. The summed E-state index contributed by atoms with van der Waals surface area (Å²) >= 11 is 0. The number of nitrogens with one attached hydrogen (secondary N) is 1. The van der Waals surface area contributed by atoms with Gasteiger partial charge in [0.25, 0.3) is 0 Å². The molecule has 1 unspecified atom stereocenters. The van der Waals surface area contributed by atoms with Crippen LogP contribution in [0.15, 0.2) is 12.1 Å². The standard InChI is InChI=1S/C19H24N2O3/c1-10(22)20-13-5-4-12-14-9-11-3-6-15(23)17-16(11)19(12,18(13)24-17)7-8-21(14)2/h3,6,12-14,18,23H,4-5,7-9H2,1-2H3,(H,20,22)/t12?,13-,14+,18-,19-/m0/s1. The first-order valence-electron chi connectivity index (χ1n) is 9.01. The molecule has 5 nitrogen and oxygen atoms in total. The molecule has 0 radical (unpaired) electrons. The minimum Gasteiger partial charge on any atom is -0.504 e. The van der Waals surface area contributed by atoms with Crippen molar-refractivity contribution < 1.29 is 14.6 Å². The van der Waals surface area contributed by atoms with Gasteiger partial charge in [-0.3, -0.25) is 4.79 Å². The highest BCUT2D eigenvalue weighted by Gasteiger charge is 2.65. The molecule has 2 heterocycles. The van der Waals surface area contributed by atoms with Crippen LogP contribution in [0.5, 0.6) is 11.5 Å². The van der Waals surface area contributed by atoms with Gasteiger partial charge in [0.2, 0.25) is 5.91 Å². The summed E-state index contributed by atoms with van der Waals surface area (Å²) in [4.78, 5) is 14.2. The summed E-state index contributed by atoms with van der Waals surface area (Å²) < 4.78 is 6.37. The largest absolute Gasteiger partial charge is 0.504 e. The fraction of sp³-hybridized carbons (Fsp3) is 0.632. The molecule has 5 heteroatoms. The number of likely N-dealkylation sites (tertiary alicyclic amines) is 1. The summed E-state index contributed by atoms with van der Waals surface area (Å²) in [5, 5.41) is 13.5. The van der Waals surface area contributed by atoms with Crippen molar-refractivity contribution in [3.63, 3.8) is 0 Å². The summed E-state index contributed by atoms with van der Waals surface area (Å²) in [6.45, 7) is 2.62. The third kappa shape index (κ3) is 1.61. The highest BCUT2D eigenvalue weighted by atomic mass is 16.5. The Labute approximate surface area is 142 Å². The number of ether oxygens (including phenoxy) is 1. The average Bonchev–Trinajstić information content (AvgIpc) is 2.89. The number of phenols is 1. The van der Waals surface area contributed by atoms with E-state index in [0.29, 0.717) is 17.7 Å². The Morgan fingerprint density at radius 2 is 2.25 bits per heavy atom. The van der Waals surface area contributed by atoms with Crippen molar-refractivity contribution in [1.29, 1.82) is 0 Å². The Morgan fingerprint density at radius 1 is 1.42 bits per heavy atom. The van der Waals surface area contributed by atoms with Gasteiger partial charge in [0.1, 0.15) is 6.10 Å². The van der Waals surface area contributed by atoms with Crippen molar-refractivity contribution in [2.45, 2.75) is 56.2 Å². The molecule has 4 aliphatic rings. The molecule has 2 fully saturated rings. The lowest BCUT2D eigenvalue weighted by molar-refractivity contribution is -0.122. The van der Waals surface area contributed by atoms with E-state index in [4.69, 9.17) is 4.74 Å². The van der Waals surface area contributed by atoms with E-state index in [1.807, 2.05) is 0 Å². The molecule has 5 atom stereocenters. The second-order valence-corrected chi connectivity index (χ2v) is 8.02. The zero-order valence-corrected chi connectivity index (χ0v) is 14.2. The second kappa shape index (κ2) is 4.66. The number of carbonyl (C=O) groups excluding carboxylic acids is 1. The Hall–Kier alpha value is -1.75. The van der Waals surface area contributed by atoms with Crippen LogP contribution < -0.4 is 10.1 Å². The topological polar surface area (TPSA) is 61.8 Å². The number of nitrogens with zero attached hydrogens (tertiary/aromatic N) is 1. The van der Waals surface area contributed by atoms with Crippen LogP contribution >= 0.6 is 0 Å². The number of carbonyl (C=O) groups is 1. The average molecular weight is 328 g/mol. The van der Waals surface area contributed by atoms with Gasteiger partial charge < -0.3 is 20.1 Å². The van der Waals surface area contributed by atoms with Crippen LogP contribution in [0.25, 0.3) is 0 Å². The van der Waals surface area contributed by atoms with Gasteiger partial charge in [-0.15, -0.1) is 0 Å². The molecule has 1 aromatic carbocycles. The van der Waals surface area contributed by atoms with Crippen LogP contribution in [0.3, 0.4) is 0 Å². The van der Waals surface area contributed by atoms with Gasteiger partial charge in [0, 0.05) is 23.9 Å². The minimum absolute atomic E-state index is 0.000798. The quantitative estimate of drug-likeness (QED) is 0.821. The zero-order chi connectivity index (χ0) is 16.6. The Morgan fingerprint density at radius 3 is 3.04 bits per heavy atom. The maximum absolute atomic E-state index is 11.7. The van der Waals surface area contributed by atoms with Crippen molar-refractivity contribution >= 4 is 5.91 Å². The summed E-state index contributed by atoms with van der Waals surface area (Å²) in [6, 6.07) is 4.41. The van der Waals surface area contributed by atoms with Crippen molar-refractivity contribution in [2.24, 2.45) is 5.92 Å². The van der Waals surface area contributed by atoms with Crippen molar-refractivity contribution in [3.8, 4) is 11.5 Å². The molecule has 1 saturated heterocycles. The number of hydrogen-bond acceptors (Lipinski definition) is 4. The molecule has 1 saturated carbocycles. The van der Waals surface area contributed by atoms with Crippen molar-refractivity contribution in [2.75, 3.05) is 13.6 Å². The number of aromatic hydroxyl groups is 1. The van der Waals surface area contributed by atoms with E-state index in [9.17, 15) is 9.90 Å². The first-order valence-corrected chi connectivity index (χ1v) is 9.01. The van der Waals surface area contributed by atoms with Crippen molar-refractivity contribution in [3.05, 3.63) is 23.3 Å². The Kier molecular flexibility index (Phi) is 2.83. The molecule has 1 amide bonds. The zero-order valence-electron chi connectivity index (χ0n) is 14.2. The number of benzene rings is 1. The van der Waals surface area contributed by atoms with E-state index in [-0.39, 0.29) is 29.2 Å². The maximum Gasteiger partial charge on any atom is 0.217 e. The Balaban J connectivity index is 1.71. The normalized spacial score (nSPS) is 39.1. The van der Waals surface area contributed by atoms with Gasteiger partial charge in [0.15, 0.2) is 11.5 Å². The minimum atomic E-state index is -0.0568. The molecular formula is C19H24N2O3. The number of amides is 1. The number of piperidine rings is 1. The molecule has 1 spiro atoms.